The first-order valence-corrected chi connectivity index (χ1v) is 13.3. The molecular formula is C26H31N5O5S. The number of amides is 1. The van der Waals surface area contributed by atoms with Gasteiger partial charge in [-0.05, 0) is 63.4 Å². The Labute approximate surface area is 216 Å². The highest BCUT2D eigenvalue weighted by atomic mass is 32.2. The standard InChI is InChI=1S/C26H31N5O5S/c1-15-8-6-9-16(2)22(15)19-13-21-29-25(28-19)31-37(34,35)18-11-7-10-17(12-18)23(32)27-20(14-36-21)24(33)30-26(3,4)5/h6-13,20,23,27,32H,14H2,1-5H3,(H,30,33)(H,28,29,31). The molecule has 2 heterocycles. The molecule has 0 saturated carbocycles. The molecular weight excluding hydrogens is 494 g/mol. The van der Waals surface area contributed by atoms with Crippen LogP contribution < -0.4 is 20.1 Å². The Kier molecular flexibility index (Phi) is 7.22. The van der Waals surface area contributed by atoms with E-state index in [-0.39, 0.29) is 28.9 Å². The number of hydrogen-bond acceptors (Lipinski definition) is 8. The molecule has 3 aromatic rings. The Bertz CT molecular complexity index is 1420. The molecule has 1 aliphatic heterocycles. The van der Waals surface area contributed by atoms with Crippen LogP contribution in [0.3, 0.4) is 0 Å². The molecule has 0 fully saturated rings. The van der Waals surface area contributed by atoms with Crippen LogP contribution in [-0.4, -0.2) is 47.6 Å². The Morgan fingerprint density at radius 1 is 1.08 bits per heavy atom. The highest BCUT2D eigenvalue weighted by molar-refractivity contribution is 7.92. The van der Waals surface area contributed by atoms with Crippen molar-refractivity contribution >= 4 is 21.9 Å². The van der Waals surface area contributed by atoms with Crippen molar-refractivity contribution in [1.29, 1.82) is 0 Å². The molecule has 11 heteroatoms. The number of sulfonamides is 1. The Balaban J connectivity index is 1.84. The molecule has 2 unspecified atom stereocenters. The zero-order valence-corrected chi connectivity index (χ0v) is 22.2. The third-order valence-electron chi connectivity index (χ3n) is 5.72. The molecule has 0 saturated heterocycles. The zero-order chi connectivity index (χ0) is 27.0. The van der Waals surface area contributed by atoms with Gasteiger partial charge < -0.3 is 15.2 Å². The van der Waals surface area contributed by atoms with Gasteiger partial charge >= 0.3 is 0 Å². The number of nitrogens with one attached hydrogen (secondary N) is 3. The van der Waals surface area contributed by atoms with Gasteiger partial charge in [-0.1, -0.05) is 30.3 Å². The SMILES string of the molecule is Cc1cccc(C)c1-c1cc2nc(n1)NS(=O)(=O)c1cccc(c1)C(O)NC(C(=O)NC(C)(C)C)CO2. The molecule has 0 spiro atoms. The highest BCUT2D eigenvalue weighted by Crippen LogP contribution is 2.30. The maximum absolute atomic E-state index is 13.2. The van der Waals surface area contributed by atoms with Crippen LogP contribution in [0.25, 0.3) is 11.3 Å². The number of hydrogen-bond donors (Lipinski definition) is 4. The number of nitrogens with zero attached hydrogens (tertiary/aromatic N) is 2. The summed E-state index contributed by atoms with van der Waals surface area (Å²) in [5.41, 5.74) is 2.90. The second kappa shape index (κ2) is 10.1. The predicted molar refractivity (Wildman–Crippen MR) is 139 cm³/mol. The smallest absolute Gasteiger partial charge is 0.264 e. The van der Waals surface area contributed by atoms with E-state index >= 15 is 0 Å². The quantitative estimate of drug-likeness (QED) is 0.400. The highest BCUT2D eigenvalue weighted by Gasteiger charge is 2.28. The largest absolute Gasteiger partial charge is 0.475 e. The minimum atomic E-state index is -4.10. The van der Waals surface area contributed by atoms with Gasteiger partial charge in [-0.15, -0.1) is 0 Å². The number of aliphatic hydroxyl groups excluding tert-OH is 1. The van der Waals surface area contributed by atoms with E-state index in [2.05, 4.69) is 25.3 Å². The first-order chi connectivity index (χ1) is 17.3. The van der Waals surface area contributed by atoms with Crippen molar-refractivity contribution in [2.24, 2.45) is 0 Å². The summed E-state index contributed by atoms with van der Waals surface area (Å²) in [5, 5.41) is 16.6. The van der Waals surface area contributed by atoms with Crippen LogP contribution >= 0.6 is 0 Å². The summed E-state index contributed by atoms with van der Waals surface area (Å²) in [6, 6.07) is 12.2. The molecule has 0 aliphatic carbocycles. The van der Waals surface area contributed by atoms with Crippen molar-refractivity contribution in [2.45, 2.75) is 57.3 Å². The lowest BCUT2D eigenvalue weighted by molar-refractivity contribution is -0.126. The average molecular weight is 526 g/mol. The van der Waals surface area contributed by atoms with Crippen LogP contribution in [0.1, 0.15) is 43.7 Å². The van der Waals surface area contributed by atoms with E-state index in [0.29, 0.717) is 5.69 Å². The second-order valence-electron chi connectivity index (χ2n) is 10.0. The lowest BCUT2D eigenvalue weighted by Crippen LogP contribution is -2.53. The second-order valence-corrected chi connectivity index (χ2v) is 11.7. The summed E-state index contributed by atoms with van der Waals surface area (Å²) in [6.45, 7) is 9.20. The lowest BCUT2D eigenvalue weighted by Gasteiger charge is -2.27. The molecule has 4 N–H and O–H groups in total. The minimum absolute atomic E-state index is 0.0705. The summed E-state index contributed by atoms with van der Waals surface area (Å²) >= 11 is 0. The van der Waals surface area contributed by atoms with E-state index in [0.717, 1.165) is 16.7 Å². The van der Waals surface area contributed by atoms with Crippen LogP contribution in [0.2, 0.25) is 0 Å². The number of rotatable bonds is 2. The van der Waals surface area contributed by atoms with E-state index in [1.807, 2.05) is 52.8 Å². The summed E-state index contributed by atoms with van der Waals surface area (Å²) in [6.07, 6.45) is -1.34. The lowest BCUT2D eigenvalue weighted by atomic mass is 10.00. The van der Waals surface area contributed by atoms with Crippen molar-refractivity contribution in [2.75, 3.05) is 11.3 Å². The van der Waals surface area contributed by atoms with E-state index in [9.17, 15) is 18.3 Å². The number of aryl methyl sites for hydroxylation is 2. The Hall–Kier alpha value is -3.54. The van der Waals surface area contributed by atoms with Crippen molar-refractivity contribution in [3.63, 3.8) is 0 Å². The summed E-state index contributed by atoms with van der Waals surface area (Å²) in [4.78, 5) is 21.7. The molecule has 4 bridgehead atoms. The van der Waals surface area contributed by atoms with E-state index in [4.69, 9.17) is 4.74 Å². The van der Waals surface area contributed by atoms with Crippen LogP contribution in [0, 0.1) is 13.8 Å². The summed E-state index contributed by atoms with van der Waals surface area (Å²) in [7, 11) is -4.10. The van der Waals surface area contributed by atoms with Crippen molar-refractivity contribution in [1.82, 2.24) is 20.6 Å². The third kappa shape index (κ3) is 6.24. The number of anilines is 1. The molecule has 2 aromatic carbocycles. The summed E-state index contributed by atoms with van der Waals surface area (Å²) in [5.74, 6) is -0.502. The van der Waals surface area contributed by atoms with Gasteiger partial charge in [0.1, 0.15) is 18.9 Å². The van der Waals surface area contributed by atoms with E-state index < -0.39 is 33.7 Å². The van der Waals surface area contributed by atoms with Gasteiger partial charge in [0.2, 0.25) is 17.7 Å². The Morgan fingerprint density at radius 2 is 1.76 bits per heavy atom. The molecule has 1 amide bonds. The fourth-order valence-electron chi connectivity index (χ4n) is 4.03. The van der Waals surface area contributed by atoms with Crippen LogP contribution in [-0.2, 0) is 14.8 Å². The van der Waals surface area contributed by atoms with Gasteiger partial charge in [0.25, 0.3) is 10.0 Å². The molecule has 4 rings (SSSR count). The fourth-order valence-corrected chi connectivity index (χ4v) is 5.03. The average Bonchev–Trinajstić information content (AvgIpc) is 2.80. The number of aliphatic hydroxyl groups is 1. The minimum Gasteiger partial charge on any atom is -0.475 e. The van der Waals surface area contributed by atoms with Crippen molar-refractivity contribution in [3.05, 3.63) is 65.2 Å². The van der Waals surface area contributed by atoms with Gasteiger partial charge in [0, 0.05) is 17.2 Å². The van der Waals surface area contributed by atoms with Gasteiger partial charge in [-0.2, -0.15) is 4.98 Å². The first-order valence-electron chi connectivity index (χ1n) is 11.8. The Morgan fingerprint density at radius 3 is 2.43 bits per heavy atom. The van der Waals surface area contributed by atoms with Crippen LogP contribution in [0.5, 0.6) is 5.88 Å². The number of carbonyl (C=O) groups excluding carboxylic acids is 1. The topological polar surface area (TPSA) is 143 Å². The van der Waals surface area contributed by atoms with Gasteiger partial charge in [-0.3, -0.25) is 10.1 Å². The first kappa shape index (κ1) is 26.5. The molecule has 0 radical (unpaired) electrons. The van der Waals surface area contributed by atoms with Crippen LogP contribution in [0.15, 0.2) is 53.4 Å². The van der Waals surface area contributed by atoms with Gasteiger partial charge in [0.15, 0.2) is 0 Å². The summed E-state index contributed by atoms with van der Waals surface area (Å²) < 4.78 is 34.7. The van der Waals surface area contributed by atoms with E-state index in [1.54, 1.807) is 12.1 Å². The maximum atomic E-state index is 13.2. The van der Waals surface area contributed by atoms with E-state index in [1.165, 1.54) is 18.2 Å². The number of benzene rings is 2. The zero-order valence-electron chi connectivity index (χ0n) is 21.4. The number of aromatic nitrogens is 2. The normalized spacial score (nSPS) is 19.3. The van der Waals surface area contributed by atoms with Gasteiger partial charge in [0.05, 0.1) is 10.6 Å². The third-order valence-corrected chi connectivity index (χ3v) is 7.05. The predicted octanol–water partition coefficient (Wildman–Crippen LogP) is 2.82. The fraction of sp³-hybridized carbons (Fsp3) is 0.346. The molecule has 2 atom stereocenters. The molecule has 10 nitrogen and oxygen atoms in total. The van der Waals surface area contributed by atoms with Crippen LogP contribution in [0.4, 0.5) is 5.95 Å². The number of carbonyl (C=O) groups is 1. The molecule has 196 valence electrons. The maximum Gasteiger partial charge on any atom is 0.264 e. The monoisotopic (exact) mass is 525 g/mol. The number of ether oxygens (including phenoxy) is 1. The van der Waals surface area contributed by atoms with Crippen molar-refractivity contribution < 1.29 is 23.1 Å². The molecule has 1 aromatic heterocycles. The van der Waals surface area contributed by atoms with Gasteiger partial charge in [-0.25, -0.2) is 18.1 Å². The number of fused-ring (bicyclic) bond motifs is 4. The molecule has 1 aliphatic rings. The van der Waals surface area contributed by atoms with Crippen molar-refractivity contribution in [3.8, 4) is 17.1 Å². The molecule has 37 heavy (non-hydrogen) atoms.